The lowest BCUT2D eigenvalue weighted by atomic mass is 9.93. The Morgan fingerprint density at radius 1 is 1.25 bits per heavy atom. The van der Waals surface area contributed by atoms with Crippen molar-refractivity contribution in [1.82, 2.24) is 9.80 Å². The number of para-hydroxylation sites is 1. The Hall–Kier alpha value is -1.06. The van der Waals surface area contributed by atoms with Crippen molar-refractivity contribution in [2.45, 2.75) is 25.8 Å². The summed E-state index contributed by atoms with van der Waals surface area (Å²) < 4.78 is 0. The molecule has 2 unspecified atom stereocenters. The largest absolute Gasteiger partial charge is 0.384 e. The van der Waals surface area contributed by atoms with Crippen molar-refractivity contribution in [1.29, 1.82) is 0 Å². The van der Waals surface area contributed by atoms with Gasteiger partial charge in [0.05, 0.1) is 0 Å². The zero-order valence-electron chi connectivity index (χ0n) is 12.8. The minimum atomic E-state index is 0.743. The summed E-state index contributed by atoms with van der Waals surface area (Å²) in [7, 11) is 2.27. The van der Waals surface area contributed by atoms with Crippen LogP contribution in [0.15, 0.2) is 24.3 Å². The van der Waals surface area contributed by atoms with Gasteiger partial charge in [-0.3, -0.25) is 0 Å². The van der Waals surface area contributed by atoms with Crippen LogP contribution < -0.4 is 5.32 Å². The quantitative estimate of drug-likeness (QED) is 0.911. The van der Waals surface area contributed by atoms with Gasteiger partial charge in [-0.05, 0) is 37.4 Å². The van der Waals surface area contributed by atoms with E-state index in [1.54, 1.807) is 0 Å². The average molecular weight is 273 g/mol. The van der Waals surface area contributed by atoms with E-state index in [0.717, 1.165) is 18.5 Å². The highest BCUT2D eigenvalue weighted by Crippen LogP contribution is 2.25. The second-order valence-electron chi connectivity index (χ2n) is 6.41. The maximum atomic E-state index is 3.60. The van der Waals surface area contributed by atoms with Gasteiger partial charge in [-0.25, -0.2) is 0 Å². The van der Waals surface area contributed by atoms with Crippen LogP contribution in [-0.2, 0) is 6.42 Å². The van der Waals surface area contributed by atoms with Gasteiger partial charge in [0, 0.05) is 44.5 Å². The van der Waals surface area contributed by atoms with Gasteiger partial charge in [0.25, 0.3) is 0 Å². The first-order valence-corrected chi connectivity index (χ1v) is 8.00. The molecular weight excluding hydrogens is 246 g/mol. The molecule has 2 atom stereocenters. The number of anilines is 1. The standard InChI is InChI=1S/C17H27N3/c1-3-16-13-20(9-8-19(16)2)12-14-10-15-6-4-5-7-17(15)18-11-14/h4-7,14,16,18H,3,8-13H2,1-2H3. The Bertz CT molecular complexity index is 446. The van der Waals surface area contributed by atoms with Gasteiger partial charge in [0.2, 0.25) is 0 Å². The molecule has 2 heterocycles. The van der Waals surface area contributed by atoms with Crippen LogP contribution in [0.4, 0.5) is 5.69 Å². The van der Waals surface area contributed by atoms with E-state index in [2.05, 4.69) is 53.4 Å². The van der Waals surface area contributed by atoms with E-state index in [0.29, 0.717) is 0 Å². The van der Waals surface area contributed by atoms with Crippen LogP contribution in [0, 0.1) is 5.92 Å². The highest BCUT2D eigenvalue weighted by atomic mass is 15.3. The Kier molecular flexibility index (Phi) is 4.27. The van der Waals surface area contributed by atoms with E-state index < -0.39 is 0 Å². The van der Waals surface area contributed by atoms with E-state index in [1.807, 2.05) is 0 Å². The lowest BCUT2D eigenvalue weighted by molar-refractivity contribution is 0.0824. The number of nitrogens with zero attached hydrogens (tertiary/aromatic N) is 2. The fourth-order valence-corrected chi connectivity index (χ4v) is 3.62. The van der Waals surface area contributed by atoms with Gasteiger partial charge in [0.1, 0.15) is 0 Å². The summed E-state index contributed by atoms with van der Waals surface area (Å²) in [6.07, 6.45) is 2.49. The van der Waals surface area contributed by atoms with Crippen LogP contribution in [0.5, 0.6) is 0 Å². The summed E-state index contributed by atoms with van der Waals surface area (Å²) in [5, 5.41) is 3.60. The summed E-state index contributed by atoms with van der Waals surface area (Å²) in [6, 6.07) is 9.50. The number of hydrogen-bond acceptors (Lipinski definition) is 3. The molecule has 3 heteroatoms. The Labute approximate surface area is 123 Å². The summed E-state index contributed by atoms with van der Waals surface area (Å²) in [4.78, 5) is 5.19. The fourth-order valence-electron chi connectivity index (χ4n) is 3.62. The third-order valence-corrected chi connectivity index (χ3v) is 4.96. The monoisotopic (exact) mass is 273 g/mol. The van der Waals surface area contributed by atoms with Crippen molar-refractivity contribution in [3.05, 3.63) is 29.8 Å². The lowest BCUT2D eigenvalue weighted by Crippen LogP contribution is -2.52. The van der Waals surface area contributed by atoms with E-state index in [1.165, 1.54) is 50.3 Å². The smallest absolute Gasteiger partial charge is 0.0372 e. The van der Waals surface area contributed by atoms with Crippen LogP contribution in [0.3, 0.4) is 0 Å². The maximum absolute atomic E-state index is 3.60. The first kappa shape index (κ1) is 13.9. The molecule has 20 heavy (non-hydrogen) atoms. The molecule has 110 valence electrons. The molecule has 0 saturated carbocycles. The number of rotatable bonds is 3. The zero-order chi connectivity index (χ0) is 13.9. The van der Waals surface area contributed by atoms with E-state index in [9.17, 15) is 0 Å². The van der Waals surface area contributed by atoms with Crippen LogP contribution in [-0.4, -0.2) is 55.6 Å². The van der Waals surface area contributed by atoms with Crippen molar-refractivity contribution in [3.63, 3.8) is 0 Å². The second-order valence-corrected chi connectivity index (χ2v) is 6.41. The third kappa shape index (κ3) is 2.99. The molecule has 0 bridgehead atoms. The normalized spacial score (nSPS) is 27.9. The molecule has 0 radical (unpaired) electrons. The topological polar surface area (TPSA) is 18.5 Å². The van der Waals surface area contributed by atoms with Gasteiger partial charge in [0.15, 0.2) is 0 Å². The van der Waals surface area contributed by atoms with Crippen LogP contribution >= 0.6 is 0 Å². The predicted octanol–water partition coefficient (Wildman–Crippen LogP) is 2.30. The van der Waals surface area contributed by atoms with Gasteiger partial charge in [-0.2, -0.15) is 0 Å². The maximum Gasteiger partial charge on any atom is 0.0372 e. The second kappa shape index (κ2) is 6.15. The Balaban J connectivity index is 1.57. The van der Waals surface area contributed by atoms with Gasteiger partial charge in [-0.15, -0.1) is 0 Å². The predicted molar refractivity (Wildman–Crippen MR) is 85.3 cm³/mol. The SMILES string of the molecule is CCC1CN(CC2CNc3ccccc3C2)CCN1C. The zero-order valence-corrected chi connectivity index (χ0v) is 12.8. The molecule has 2 aliphatic heterocycles. The van der Waals surface area contributed by atoms with Crippen LogP contribution in [0.1, 0.15) is 18.9 Å². The summed E-state index contributed by atoms with van der Waals surface area (Å²) >= 11 is 0. The number of nitrogens with one attached hydrogen (secondary N) is 1. The lowest BCUT2D eigenvalue weighted by Gasteiger charge is -2.41. The first-order valence-electron chi connectivity index (χ1n) is 8.00. The van der Waals surface area contributed by atoms with Gasteiger partial charge < -0.3 is 15.1 Å². The molecule has 1 fully saturated rings. The molecule has 2 aliphatic rings. The number of piperazine rings is 1. The van der Waals surface area contributed by atoms with E-state index in [4.69, 9.17) is 0 Å². The molecule has 0 aromatic heterocycles. The van der Waals surface area contributed by atoms with Crippen molar-refractivity contribution in [2.24, 2.45) is 5.92 Å². The highest BCUT2D eigenvalue weighted by molar-refractivity contribution is 5.53. The van der Waals surface area contributed by atoms with Crippen molar-refractivity contribution in [3.8, 4) is 0 Å². The van der Waals surface area contributed by atoms with Crippen molar-refractivity contribution < 1.29 is 0 Å². The summed E-state index contributed by atoms with van der Waals surface area (Å²) in [5.41, 5.74) is 2.83. The van der Waals surface area contributed by atoms with E-state index in [-0.39, 0.29) is 0 Å². The van der Waals surface area contributed by atoms with Gasteiger partial charge in [-0.1, -0.05) is 25.1 Å². The van der Waals surface area contributed by atoms with Crippen molar-refractivity contribution in [2.75, 3.05) is 45.1 Å². The molecule has 0 spiro atoms. The molecule has 1 aromatic carbocycles. The molecular formula is C17H27N3. The van der Waals surface area contributed by atoms with Crippen molar-refractivity contribution >= 4 is 5.69 Å². The molecule has 0 amide bonds. The average Bonchev–Trinajstić information content (AvgIpc) is 2.49. The Morgan fingerprint density at radius 2 is 2.10 bits per heavy atom. The Morgan fingerprint density at radius 3 is 2.95 bits per heavy atom. The number of hydrogen-bond donors (Lipinski definition) is 1. The molecule has 1 aromatic rings. The molecule has 1 N–H and O–H groups in total. The minimum Gasteiger partial charge on any atom is -0.384 e. The highest BCUT2D eigenvalue weighted by Gasteiger charge is 2.26. The first-order chi connectivity index (χ1) is 9.76. The fraction of sp³-hybridized carbons (Fsp3) is 0.647. The van der Waals surface area contributed by atoms with Crippen LogP contribution in [0.25, 0.3) is 0 Å². The minimum absolute atomic E-state index is 0.743. The molecule has 0 aliphatic carbocycles. The number of benzene rings is 1. The molecule has 3 rings (SSSR count). The number of fused-ring (bicyclic) bond motifs is 1. The third-order valence-electron chi connectivity index (χ3n) is 4.96. The van der Waals surface area contributed by atoms with E-state index >= 15 is 0 Å². The van der Waals surface area contributed by atoms with Crippen LogP contribution in [0.2, 0.25) is 0 Å². The molecule has 1 saturated heterocycles. The van der Waals surface area contributed by atoms with Gasteiger partial charge >= 0.3 is 0 Å². The summed E-state index contributed by atoms with van der Waals surface area (Å²) in [6.45, 7) is 8.36. The summed E-state index contributed by atoms with van der Waals surface area (Å²) in [5.74, 6) is 0.755. The molecule has 3 nitrogen and oxygen atoms in total. The number of likely N-dealkylation sites (N-methyl/N-ethyl adjacent to an activating group) is 1.